The average molecular weight is 376 g/mol. The first-order chi connectivity index (χ1) is 12.1. The Morgan fingerprint density at radius 2 is 2.19 bits per heavy atom. The highest BCUT2D eigenvalue weighted by molar-refractivity contribution is 5.90. The van der Waals surface area contributed by atoms with Crippen molar-refractivity contribution < 1.29 is 27.6 Å². The van der Waals surface area contributed by atoms with Gasteiger partial charge in [-0.15, -0.1) is 0 Å². The number of aromatic nitrogens is 4. The van der Waals surface area contributed by atoms with Crippen molar-refractivity contribution in [2.45, 2.75) is 32.8 Å². The minimum absolute atomic E-state index is 0.00454. The minimum atomic E-state index is -4.43. The normalized spacial score (nSPS) is 11.5. The fraction of sp³-hybridized carbons (Fsp3) is 0.462. The van der Waals surface area contributed by atoms with Gasteiger partial charge in [0.1, 0.15) is 13.3 Å². The summed E-state index contributed by atoms with van der Waals surface area (Å²) in [4.78, 5) is 21.9. The number of halogens is 3. The maximum atomic E-state index is 12.0. The van der Waals surface area contributed by atoms with Gasteiger partial charge in [-0.1, -0.05) is 0 Å². The summed E-state index contributed by atoms with van der Waals surface area (Å²) in [6.45, 7) is -0.0489. The van der Waals surface area contributed by atoms with E-state index in [1.54, 1.807) is 6.92 Å². The molecular formula is C13H15F3N6O4. The largest absolute Gasteiger partial charge is 0.411 e. The molecule has 0 saturated heterocycles. The number of hydrogen-bond donors (Lipinski definition) is 1. The number of carbonyl (C=O) groups is 1. The highest BCUT2D eigenvalue weighted by atomic mass is 19.4. The lowest BCUT2D eigenvalue weighted by Crippen LogP contribution is -2.18. The van der Waals surface area contributed by atoms with Crippen LogP contribution in [0.25, 0.3) is 0 Å². The first kappa shape index (κ1) is 19.4. The number of nitrogens with zero attached hydrogens (tertiary/aromatic N) is 5. The molecule has 1 amide bonds. The number of nitrogens with one attached hydrogen (secondary N) is 1. The van der Waals surface area contributed by atoms with Crippen molar-refractivity contribution in [2.75, 3.05) is 11.9 Å². The Labute approximate surface area is 144 Å². The van der Waals surface area contributed by atoms with E-state index < -0.39 is 30.3 Å². The van der Waals surface area contributed by atoms with Crippen molar-refractivity contribution in [3.63, 3.8) is 0 Å². The third kappa shape index (κ3) is 5.84. The van der Waals surface area contributed by atoms with Gasteiger partial charge in [0.05, 0.1) is 41.5 Å². The molecule has 0 aromatic carbocycles. The molecule has 2 aromatic rings. The fourth-order valence-electron chi connectivity index (χ4n) is 1.99. The van der Waals surface area contributed by atoms with Gasteiger partial charge in [0, 0.05) is 6.42 Å². The molecule has 26 heavy (non-hydrogen) atoms. The van der Waals surface area contributed by atoms with Gasteiger partial charge in [0.15, 0.2) is 0 Å². The van der Waals surface area contributed by atoms with E-state index in [1.165, 1.54) is 23.1 Å². The molecule has 1 N–H and O–H groups in total. The van der Waals surface area contributed by atoms with E-state index in [2.05, 4.69) is 20.3 Å². The molecule has 0 fully saturated rings. The molecule has 0 atom stereocenters. The highest BCUT2D eigenvalue weighted by Crippen LogP contribution is 2.15. The zero-order valence-electron chi connectivity index (χ0n) is 13.6. The van der Waals surface area contributed by atoms with E-state index in [0.29, 0.717) is 5.69 Å². The Balaban J connectivity index is 1.80. The van der Waals surface area contributed by atoms with Crippen molar-refractivity contribution in [3.05, 3.63) is 34.3 Å². The van der Waals surface area contributed by atoms with E-state index >= 15 is 0 Å². The number of anilines is 1. The maximum absolute atomic E-state index is 12.0. The van der Waals surface area contributed by atoms with E-state index in [1.807, 2.05) is 0 Å². The van der Waals surface area contributed by atoms with E-state index in [4.69, 9.17) is 0 Å². The molecule has 2 rings (SSSR count). The minimum Gasteiger partial charge on any atom is -0.358 e. The summed E-state index contributed by atoms with van der Waals surface area (Å²) in [6, 6.07) is 1.29. The van der Waals surface area contributed by atoms with Gasteiger partial charge >= 0.3 is 12.0 Å². The molecule has 0 aliphatic rings. The SMILES string of the molecule is Cc1cc([N+](=O)[O-])nn1CCC(=O)Nc1cnn(COCC(F)(F)F)c1. The molecular weight excluding hydrogens is 361 g/mol. The smallest absolute Gasteiger partial charge is 0.358 e. The molecule has 0 aliphatic heterocycles. The number of carbonyl (C=O) groups excluding carboxylic acids is 1. The third-order valence-electron chi connectivity index (χ3n) is 3.11. The summed E-state index contributed by atoms with van der Waals surface area (Å²) in [5.74, 6) is -0.707. The van der Waals surface area contributed by atoms with Crippen LogP contribution in [0.3, 0.4) is 0 Å². The lowest BCUT2D eigenvalue weighted by molar-refractivity contribution is -0.389. The molecule has 0 radical (unpaired) electrons. The fourth-order valence-corrected chi connectivity index (χ4v) is 1.99. The van der Waals surface area contributed by atoms with Crippen molar-refractivity contribution >= 4 is 17.4 Å². The van der Waals surface area contributed by atoms with Crippen LogP contribution in [0.2, 0.25) is 0 Å². The second-order valence-corrected chi connectivity index (χ2v) is 5.28. The highest BCUT2D eigenvalue weighted by Gasteiger charge is 2.27. The molecule has 10 nitrogen and oxygen atoms in total. The zero-order valence-corrected chi connectivity index (χ0v) is 13.6. The van der Waals surface area contributed by atoms with Crippen LogP contribution in [0.4, 0.5) is 24.7 Å². The second-order valence-electron chi connectivity index (χ2n) is 5.28. The first-order valence-electron chi connectivity index (χ1n) is 7.30. The van der Waals surface area contributed by atoms with Gasteiger partial charge in [-0.3, -0.25) is 4.79 Å². The monoisotopic (exact) mass is 376 g/mol. The van der Waals surface area contributed by atoms with Crippen LogP contribution in [0.5, 0.6) is 0 Å². The zero-order chi connectivity index (χ0) is 19.3. The quantitative estimate of drug-likeness (QED) is 0.555. The number of hydrogen-bond acceptors (Lipinski definition) is 6. The molecule has 0 spiro atoms. The molecule has 0 unspecified atom stereocenters. The molecule has 0 bridgehead atoms. The summed E-state index contributed by atoms with van der Waals surface area (Å²) in [6.07, 6.45) is -1.85. The van der Waals surface area contributed by atoms with Gasteiger partial charge in [-0.05, 0) is 11.8 Å². The molecule has 13 heteroatoms. The standard InChI is InChI=1S/C13H15F3N6O4/c1-9-4-11(22(24)25)19-21(9)3-2-12(23)18-10-5-17-20(6-10)8-26-7-13(14,15)16/h4-6H,2-3,7-8H2,1H3,(H,18,23). The van der Waals surface area contributed by atoms with Gasteiger partial charge in [-0.25, -0.2) is 4.68 Å². The Morgan fingerprint density at radius 1 is 1.46 bits per heavy atom. The Morgan fingerprint density at radius 3 is 2.81 bits per heavy atom. The third-order valence-corrected chi connectivity index (χ3v) is 3.11. The molecule has 2 heterocycles. The van der Waals surface area contributed by atoms with E-state index in [9.17, 15) is 28.1 Å². The summed E-state index contributed by atoms with van der Waals surface area (Å²) in [7, 11) is 0. The number of amides is 1. The topological polar surface area (TPSA) is 117 Å². The van der Waals surface area contributed by atoms with Crippen LogP contribution in [-0.4, -0.2) is 43.2 Å². The van der Waals surface area contributed by atoms with Crippen LogP contribution in [0.15, 0.2) is 18.5 Å². The van der Waals surface area contributed by atoms with Crippen LogP contribution < -0.4 is 5.32 Å². The summed E-state index contributed by atoms with van der Waals surface area (Å²) in [5, 5.41) is 20.7. The molecule has 2 aromatic heterocycles. The van der Waals surface area contributed by atoms with Crippen LogP contribution in [0.1, 0.15) is 12.1 Å². The Bertz CT molecular complexity index is 785. The number of alkyl halides is 3. The number of rotatable bonds is 8. The molecule has 0 saturated carbocycles. The van der Waals surface area contributed by atoms with Crippen LogP contribution >= 0.6 is 0 Å². The molecule has 0 aliphatic carbocycles. The van der Waals surface area contributed by atoms with Gasteiger partial charge in [-0.2, -0.15) is 23.0 Å². The predicted octanol–water partition coefficient (Wildman–Crippen LogP) is 1.86. The van der Waals surface area contributed by atoms with Gasteiger partial charge in [0.2, 0.25) is 5.91 Å². The van der Waals surface area contributed by atoms with Gasteiger partial charge < -0.3 is 20.2 Å². The summed E-state index contributed by atoms with van der Waals surface area (Å²) < 4.78 is 42.8. The maximum Gasteiger partial charge on any atom is 0.411 e. The Hall–Kier alpha value is -2.96. The predicted molar refractivity (Wildman–Crippen MR) is 81.1 cm³/mol. The van der Waals surface area contributed by atoms with E-state index in [-0.39, 0.29) is 24.5 Å². The molecule has 142 valence electrons. The van der Waals surface area contributed by atoms with Gasteiger partial charge in [0.25, 0.3) is 0 Å². The lowest BCUT2D eigenvalue weighted by Gasteiger charge is -2.07. The van der Waals surface area contributed by atoms with Crippen molar-refractivity contribution in [1.29, 1.82) is 0 Å². The van der Waals surface area contributed by atoms with Crippen molar-refractivity contribution in [1.82, 2.24) is 19.6 Å². The summed E-state index contributed by atoms with van der Waals surface area (Å²) >= 11 is 0. The Kier molecular flexibility index (Phi) is 5.92. The van der Waals surface area contributed by atoms with Crippen LogP contribution in [0, 0.1) is 17.0 Å². The van der Waals surface area contributed by atoms with Crippen molar-refractivity contribution in [3.8, 4) is 0 Å². The van der Waals surface area contributed by atoms with E-state index in [0.717, 1.165) is 4.68 Å². The second kappa shape index (κ2) is 7.95. The van der Waals surface area contributed by atoms with Crippen LogP contribution in [-0.2, 0) is 22.8 Å². The number of nitro groups is 1. The summed E-state index contributed by atoms with van der Waals surface area (Å²) in [5.41, 5.74) is 0.827. The number of ether oxygens (including phenoxy) is 1. The average Bonchev–Trinajstić information content (AvgIpc) is 3.11. The first-order valence-corrected chi connectivity index (χ1v) is 7.30. The van der Waals surface area contributed by atoms with Crippen molar-refractivity contribution in [2.24, 2.45) is 0 Å². The number of aryl methyl sites for hydroxylation is 2. The lowest BCUT2D eigenvalue weighted by atomic mass is 10.3.